The van der Waals surface area contributed by atoms with Crippen LogP contribution in [0.3, 0.4) is 0 Å². The fraction of sp³-hybridized carbons (Fsp3) is 0.569. The van der Waals surface area contributed by atoms with E-state index in [0.29, 0.717) is 5.92 Å². The Morgan fingerprint density at radius 1 is 0.310 bits per heavy atom. The first-order valence-electron chi connectivity index (χ1n) is 22.6. The Bertz CT molecular complexity index is 2010. The first-order valence-corrected chi connectivity index (χ1v) is 45.6. The summed E-state index contributed by atoms with van der Waals surface area (Å²) < 4.78 is 0. The average Bonchev–Trinajstić information content (AvgIpc) is 3.21. The number of hydrogen-bond donors (Lipinski definition) is 0. The van der Waals surface area contributed by atoms with Gasteiger partial charge in [-0.2, -0.15) is 0 Å². The second kappa shape index (κ2) is 15.5. The predicted molar refractivity (Wildman–Crippen MR) is 291 cm³/mol. The summed E-state index contributed by atoms with van der Waals surface area (Å²) in [5.74, 6) is 0.384. The van der Waals surface area contributed by atoms with Crippen molar-refractivity contribution in [2.24, 2.45) is 5.92 Å². The van der Waals surface area contributed by atoms with Crippen molar-refractivity contribution in [1.29, 1.82) is 0 Å². The SMILES string of the molecule is CC1=C(C)C(C)C([Si](c2c([Si](C)(C)C)cc([Si](C)(C)C)c(C)c2C)(c2c([Si](C)(C)C)cc([Si](C)(C)C)c(C)c2C)c2c([Si](C)(C)C)cc([Si](C)(C)C)c(C)c2C)=C1C. The zero-order valence-corrected chi connectivity index (χ0v) is 50.3. The summed E-state index contributed by atoms with van der Waals surface area (Å²) in [7, 11) is -14.1. The van der Waals surface area contributed by atoms with Crippen molar-refractivity contribution in [2.45, 2.75) is 187 Å². The highest BCUT2D eigenvalue weighted by atomic mass is 28.3. The third kappa shape index (κ3) is 8.19. The average molecular weight is 898 g/mol. The van der Waals surface area contributed by atoms with E-state index in [0.717, 1.165) is 0 Å². The molecule has 0 nitrogen and oxygen atoms in total. The van der Waals surface area contributed by atoms with Gasteiger partial charge in [0.05, 0.1) is 48.4 Å². The quantitative estimate of drug-likeness (QED) is 0.141. The molecular weight excluding hydrogens is 809 g/mol. The van der Waals surface area contributed by atoms with Crippen molar-refractivity contribution in [3.05, 3.63) is 73.5 Å². The maximum absolute atomic E-state index is 3.15. The molecule has 3 aromatic carbocycles. The number of rotatable bonds is 10. The molecule has 4 rings (SSSR count). The van der Waals surface area contributed by atoms with Crippen LogP contribution in [0.2, 0.25) is 118 Å². The number of allylic oxidation sites excluding steroid dienone is 4. The molecule has 0 bridgehead atoms. The number of benzene rings is 3. The first-order chi connectivity index (χ1) is 25.8. The molecule has 1 unspecified atom stereocenters. The Labute approximate surface area is 367 Å². The molecule has 0 amide bonds. The topological polar surface area (TPSA) is 0 Å². The van der Waals surface area contributed by atoms with Gasteiger partial charge in [0.25, 0.3) is 0 Å². The van der Waals surface area contributed by atoms with Crippen LogP contribution >= 0.6 is 0 Å². The molecule has 0 fully saturated rings. The van der Waals surface area contributed by atoms with Crippen molar-refractivity contribution in [3.63, 3.8) is 0 Å². The van der Waals surface area contributed by atoms with E-state index < -0.39 is 56.5 Å². The summed E-state index contributed by atoms with van der Waals surface area (Å²) in [5.41, 5.74) is 14.4. The van der Waals surface area contributed by atoms with Gasteiger partial charge in [-0.25, -0.2) is 0 Å². The molecule has 0 aliphatic heterocycles. The van der Waals surface area contributed by atoms with E-state index in [-0.39, 0.29) is 0 Å². The van der Waals surface area contributed by atoms with Crippen LogP contribution in [0.1, 0.15) is 61.1 Å². The highest BCUT2D eigenvalue weighted by molar-refractivity contribution is 7.23. The minimum Gasteiger partial charge on any atom is -0.0656 e. The van der Waals surface area contributed by atoms with E-state index in [4.69, 9.17) is 0 Å². The summed E-state index contributed by atoms with van der Waals surface area (Å²) in [5, 5.41) is 17.6. The van der Waals surface area contributed by atoms with Gasteiger partial charge in [-0.3, -0.25) is 0 Å². The second-order valence-corrected chi connectivity index (χ2v) is 58.9. The smallest absolute Gasteiger partial charge is 0.0656 e. The molecule has 0 N–H and O–H groups in total. The largest absolute Gasteiger partial charge is 0.176 e. The standard InChI is InChI=1S/C51H88Si7/c1-32-33(2)38(7)48(37(32)6)58(49-39(8)34(3)42(52(11,12)13)29-45(49)55(20,21)22,50-40(9)35(4)43(53(14,15)16)30-46(50)56(23,24)25)51-41(10)36(5)44(54(17,18)19)31-47(51)57(26,27)28/h29-31,37H,1-28H3. The molecule has 320 valence electrons. The predicted octanol–water partition coefficient (Wildman–Crippen LogP) is 10.1. The van der Waals surface area contributed by atoms with Crippen LogP contribution in [0.15, 0.2) is 40.1 Å². The fourth-order valence-electron chi connectivity index (χ4n) is 11.1. The maximum Gasteiger partial charge on any atom is 0.176 e. The van der Waals surface area contributed by atoms with E-state index in [1.54, 1.807) is 96.8 Å². The van der Waals surface area contributed by atoms with Crippen molar-refractivity contribution < 1.29 is 0 Å². The Morgan fingerprint density at radius 3 is 0.707 bits per heavy atom. The Balaban J connectivity index is 2.79. The zero-order chi connectivity index (χ0) is 45.2. The lowest BCUT2D eigenvalue weighted by Crippen LogP contribution is -2.83. The van der Waals surface area contributed by atoms with Crippen LogP contribution in [0, 0.1) is 47.5 Å². The molecule has 58 heavy (non-hydrogen) atoms. The highest BCUT2D eigenvalue weighted by Gasteiger charge is 2.56. The summed E-state index contributed by atoms with van der Waals surface area (Å²) in [6.07, 6.45) is 0. The van der Waals surface area contributed by atoms with Crippen molar-refractivity contribution in [3.8, 4) is 0 Å². The Hall–Kier alpha value is -1.34. The van der Waals surface area contributed by atoms with Crippen molar-refractivity contribution in [2.75, 3.05) is 0 Å². The van der Waals surface area contributed by atoms with Crippen LogP contribution in [0.5, 0.6) is 0 Å². The first kappa shape index (κ1) is 49.3. The third-order valence-electron chi connectivity index (χ3n) is 14.7. The summed E-state index contributed by atoms with van der Waals surface area (Å²) >= 11 is 0. The lowest BCUT2D eigenvalue weighted by atomic mass is 10.1. The third-order valence-corrected chi connectivity index (χ3v) is 33.7. The van der Waals surface area contributed by atoms with Gasteiger partial charge in [0, 0.05) is 0 Å². The Kier molecular flexibility index (Phi) is 13.2. The van der Waals surface area contributed by atoms with Gasteiger partial charge in [-0.1, -0.05) is 190 Å². The van der Waals surface area contributed by atoms with Crippen LogP contribution in [-0.2, 0) is 0 Å². The molecular formula is C51H88Si7. The summed E-state index contributed by atoms with van der Waals surface area (Å²) in [6.45, 7) is 73.0. The van der Waals surface area contributed by atoms with Crippen LogP contribution in [0.25, 0.3) is 0 Å². The van der Waals surface area contributed by atoms with E-state index in [1.165, 1.54) is 0 Å². The lowest BCUT2D eigenvalue weighted by molar-refractivity contribution is 0.851. The number of hydrogen-bond acceptors (Lipinski definition) is 0. The Morgan fingerprint density at radius 2 is 0.534 bits per heavy atom. The van der Waals surface area contributed by atoms with Crippen molar-refractivity contribution >= 4 is 103 Å². The minimum atomic E-state index is -3.15. The van der Waals surface area contributed by atoms with Gasteiger partial charge in [0.2, 0.25) is 0 Å². The zero-order valence-electron chi connectivity index (χ0n) is 43.3. The molecule has 0 heterocycles. The monoisotopic (exact) mass is 897 g/mol. The minimum absolute atomic E-state index is 0.384. The van der Waals surface area contributed by atoms with E-state index in [1.807, 2.05) is 5.20 Å². The van der Waals surface area contributed by atoms with Crippen LogP contribution in [-0.4, -0.2) is 56.5 Å². The molecule has 7 heteroatoms. The highest BCUT2D eigenvalue weighted by Crippen LogP contribution is 2.43. The maximum atomic E-state index is 2.86. The molecule has 1 atom stereocenters. The second-order valence-electron chi connectivity index (χ2n) is 25.1. The molecule has 0 spiro atoms. The summed E-state index contributed by atoms with van der Waals surface area (Å²) in [6, 6.07) is 8.58. The van der Waals surface area contributed by atoms with Gasteiger partial charge in [-0.15, -0.1) is 0 Å². The van der Waals surface area contributed by atoms with E-state index in [9.17, 15) is 0 Å². The van der Waals surface area contributed by atoms with E-state index in [2.05, 4.69) is 205 Å². The molecule has 0 radical (unpaired) electrons. The lowest BCUT2D eigenvalue weighted by Gasteiger charge is -2.49. The van der Waals surface area contributed by atoms with Crippen LogP contribution < -0.4 is 46.7 Å². The molecule has 1 aliphatic rings. The molecule has 0 saturated heterocycles. The van der Waals surface area contributed by atoms with Crippen LogP contribution in [0.4, 0.5) is 0 Å². The van der Waals surface area contributed by atoms with Gasteiger partial charge in [0.1, 0.15) is 0 Å². The van der Waals surface area contributed by atoms with Gasteiger partial charge >= 0.3 is 0 Å². The van der Waals surface area contributed by atoms with Gasteiger partial charge in [-0.05, 0) is 123 Å². The molecule has 0 aromatic heterocycles. The van der Waals surface area contributed by atoms with Gasteiger partial charge in [0.15, 0.2) is 8.07 Å². The summed E-state index contributed by atoms with van der Waals surface area (Å²) in [4.78, 5) is 0. The molecule has 1 aliphatic carbocycles. The van der Waals surface area contributed by atoms with Crippen molar-refractivity contribution in [1.82, 2.24) is 0 Å². The normalized spacial score (nSPS) is 16.7. The fourth-order valence-corrected chi connectivity index (χ4v) is 33.6. The molecule has 0 saturated carbocycles. The molecule has 3 aromatic rings. The van der Waals surface area contributed by atoms with Gasteiger partial charge < -0.3 is 0 Å². The van der Waals surface area contributed by atoms with E-state index >= 15 is 0 Å².